The smallest absolute Gasteiger partial charge is 0.251 e. The largest absolute Gasteiger partial charge is 0.370 e. The fraction of sp³-hybridized carbons (Fsp3) is 0.579. The maximum atomic E-state index is 12.0. The van der Waals surface area contributed by atoms with Crippen molar-refractivity contribution in [3.63, 3.8) is 0 Å². The van der Waals surface area contributed by atoms with Gasteiger partial charge in [0, 0.05) is 24.7 Å². The molecule has 1 amide bonds. The first-order chi connectivity index (χ1) is 12.1. The molecule has 0 radical (unpaired) electrons. The highest BCUT2D eigenvalue weighted by Gasteiger charge is 2.22. The van der Waals surface area contributed by atoms with Crippen molar-refractivity contribution in [2.45, 2.75) is 45.7 Å². The van der Waals surface area contributed by atoms with E-state index in [1.807, 2.05) is 31.2 Å². The summed E-state index contributed by atoms with van der Waals surface area (Å²) < 4.78 is 0. The molecular formula is C19H32IN5O. The quantitative estimate of drug-likeness (QED) is 0.308. The lowest BCUT2D eigenvalue weighted by atomic mass is 10.1. The lowest BCUT2D eigenvalue weighted by Gasteiger charge is -2.23. The zero-order valence-corrected chi connectivity index (χ0v) is 18.2. The van der Waals surface area contributed by atoms with Gasteiger partial charge in [0.15, 0.2) is 5.96 Å². The van der Waals surface area contributed by atoms with E-state index in [-0.39, 0.29) is 29.9 Å². The van der Waals surface area contributed by atoms with Gasteiger partial charge in [0.05, 0.1) is 6.54 Å². The molecule has 1 aromatic carbocycles. The molecule has 0 aromatic heterocycles. The maximum Gasteiger partial charge on any atom is 0.251 e. The van der Waals surface area contributed by atoms with Crippen LogP contribution in [-0.2, 0) is 6.54 Å². The van der Waals surface area contributed by atoms with Gasteiger partial charge in [-0.3, -0.25) is 9.69 Å². The number of guanidine groups is 1. The summed E-state index contributed by atoms with van der Waals surface area (Å²) in [5.41, 5.74) is 7.63. The number of aliphatic imine (C=N–C) groups is 1. The molecule has 1 aliphatic rings. The Hall–Kier alpha value is -1.35. The highest BCUT2D eigenvalue weighted by Crippen LogP contribution is 2.15. The number of carbonyl (C=O) groups excluding carboxylic acids is 1. The number of amides is 1. The monoisotopic (exact) mass is 473 g/mol. The Morgan fingerprint density at radius 3 is 2.88 bits per heavy atom. The van der Waals surface area contributed by atoms with Gasteiger partial charge in [-0.2, -0.15) is 0 Å². The average Bonchev–Trinajstić information content (AvgIpc) is 3.10. The lowest BCUT2D eigenvalue weighted by molar-refractivity contribution is 0.0953. The predicted molar refractivity (Wildman–Crippen MR) is 118 cm³/mol. The molecule has 2 rings (SSSR count). The zero-order chi connectivity index (χ0) is 18.1. The summed E-state index contributed by atoms with van der Waals surface area (Å²) in [5, 5.41) is 6.12. The summed E-state index contributed by atoms with van der Waals surface area (Å²) in [6.45, 7) is 8.47. The fourth-order valence-electron chi connectivity index (χ4n) is 3.15. The van der Waals surface area contributed by atoms with Gasteiger partial charge < -0.3 is 16.4 Å². The molecule has 6 nitrogen and oxygen atoms in total. The molecular weight excluding hydrogens is 441 g/mol. The number of carbonyl (C=O) groups is 1. The summed E-state index contributed by atoms with van der Waals surface area (Å²) in [6, 6.07) is 8.08. The molecule has 1 fully saturated rings. The minimum Gasteiger partial charge on any atom is -0.370 e. The normalized spacial score (nSPS) is 17.6. The first-order valence-electron chi connectivity index (χ1n) is 9.29. The summed E-state index contributed by atoms with van der Waals surface area (Å²) in [7, 11) is 0. The number of nitrogens with one attached hydrogen (secondary N) is 2. The molecule has 1 heterocycles. The van der Waals surface area contributed by atoms with Gasteiger partial charge in [0.25, 0.3) is 5.91 Å². The number of hydrogen-bond donors (Lipinski definition) is 3. The lowest BCUT2D eigenvalue weighted by Crippen LogP contribution is -2.42. The van der Waals surface area contributed by atoms with E-state index in [2.05, 4.69) is 27.4 Å². The number of likely N-dealkylation sites (tertiary alicyclic amines) is 1. The van der Waals surface area contributed by atoms with E-state index in [4.69, 9.17) is 5.73 Å². The summed E-state index contributed by atoms with van der Waals surface area (Å²) in [5.74, 6) is 0.420. The van der Waals surface area contributed by atoms with Crippen molar-refractivity contribution < 1.29 is 4.79 Å². The number of likely N-dealkylation sites (N-methyl/N-ethyl adjacent to an activating group) is 1. The van der Waals surface area contributed by atoms with Gasteiger partial charge in [0.1, 0.15) is 0 Å². The molecule has 1 unspecified atom stereocenters. The van der Waals surface area contributed by atoms with Crippen LogP contribution >= 0.6 is 24.0 Å². The maximum absolute atomic E-state index is 12.0. The van der Waals surface area contributed by atoms with Gasteiger partial charge in [-0.05, 0) is 50.0 Å². The molecule has 4 N–H and O–H groups in total. The van der Waals surface area contributed by atoms with Crippen LogP contribution in [0.5, 0.6) is 0 Å². The minimum absolute atomic E-state index is 0. The summed E-state index contributed by atoms with van der Waals surface area (Å²) >= 11 is 0. The first-order valence-corrected chi connectivity index (χ1v) is 9.29. The van der Waals surface area contributed by atoms with Crippen LogP contribution in [0.4, 0.5) is 0 Å². The van der Waals surface area contributed by atoms with Gasteiger partial charge in [-0.15, -0.1) is 24.0 Å². The Kier molecular flexibility index (Phi) is 10.6. The van der Waals surface area contributed by atoms with Crippen molar-refractivity contribution in [1.82, 2.24) is 15.5 Å². The van der Waals surface area contributed by atoms with Crippen LogP contribution in [0.3, 0.4) is 0 Å². The van der Waals surface area contributed by atoms with E-state index >= 15 is 0 Å². The Labute approximate surface area is 174 Å². The van der Waals surface area contributed by atoms with E-state index in [0.29, 0.717) is 30.7 Å². The third-order valence-electron chi connectivity index (χ3n) is 4.58. The number of halogens is 1. The Balaban J connectivity index is 0.00000338. The number of hydrogen-bond acceptors (Lipinski definition) is 3. The van der Waals surface area contributed by atoms with Crippen LogP contribution < -0.4 is 16.4 Å². The van der Waals surface area contributed by atoms with Crippen molar-refractivity contribution in [3.8, 4) is 0 Å². The van der Waals surface area contributed by atoms with Gasteiger partial charge in [-0.1, -0.05) is 26.0 Å². The minimum atomic E-state index is -0.0420. The van der Waals surface area contributed by atoms with Crippen LogP contribution in [0.15, 0.2) is 29.3 Å². The molecule has 26 heavy (non-hydrogen) atoms. The van der Waals surface area contributed by atoms with E-state index in [0.717, 1.165) is 25.1 Å². The fourth-order valence-corrected chi connectivity index (χ4v) is 3.15. The molecule has 0 bridgehead atoms. The second-order valence-electron chi connectivity index (χ2n) is 6.46. The molecule has 1 aliphatic heterocycles. The van der Waals surface area contributed by atoms with E-state index in [9.17, 15) is 4.79 Å². The second kappa shape index (κ2) is 12.1. The van der Waals surface area contributed by atoms with E-state index in [1.165, 1.54) is 19.4 Å². The Morgan fingerprint density at radius 1 is 1.35 bits per heavy atom. The number of rotatable bonds is 8. The van der Waals surface area contributed by atoms with Crippen molar-refractivity contribution in [2.24, 2.45) is 10.7 Å². The van der Waals surface area contributed by atoms with Crippen LogP contribution in [0.25, 0.3) is 0 Å². The van der Waals surface area contributed by atoms with Crippen molar-refractivity contribution in [1.29, 1.82) is 0 Å². The number of benzene rings is 1. The molecule has 1 saturated heterocycles. The highest BCUT2D eigenvalue weighted by molar-refractivity contribution is 14.0. The van der Waals surface area contributed by atoms with Crippen molar-refractivity contribution >= 4 is 35.8 Å². The molecule has 0 spiro atoms. The van der Waals surface area contributed by atoms with Gasteiger partial charge in [-0.25, -0.2) is 4.99 Å². The highest BCUT2D eigenvalue weighted by atomic mass is 127. The molecule has 0 aliphatic carbocycles. The molecule has 1 atom stereocenters. The van der Waals surface area contributed by atoms with Crippen LogP contribution in [-0.4, -0.2) is 49.0 Å². The Bertz CT molecular complexity index is 593. The molecule has 0 saturated carbocycles. The number of nitrogens with zero attached hydrogens (tertiary/aromatic N) is 2. The molecule has 7 heteroatoms. The second-order valence-corrected chi connectivity index (χ2v) is 6.46. The van der Waals surface area contributed by atoms with E-state index < -0.39 is 0 Å². The van der Waals surface area contributed by atoms with Crippen LogP contribution in [0, 0.1) is 0 Å². The standard InChI is InChI=1S/C19H31N5O.HI/c1-3-10-21-18(25)16-8-5-7-15(12-16)13-22-19(20)23-14-17-9-6-11-24(17)4-2;/h5,7-8,12,17H,3-4,6,9-11,13-14H2,1-2H3,(H,21,25)(H3,20,22,23);1H. The van der Waals surface area contributed by atoms with Crippen molar-refractivity contribution in [2.75, 3.05) is 26.2 Å². The van der Waals surface area contributed by atoms with E-state index in [1.54, 1.807) is 0 Å². The third-order valence-corrected chi connectivity index (χ3v) is 4.58. The van der Waals surface area contributed by atoms with Gasteiger partial charge >= 0.3 is 0 Å². The third kappa shape index (κ3) is 7.11. The SMILES string of the molecule is CCCNC(=O)c1cccc(CN=C(N)NCC2CCCN2CC)c1.I. The summed E-state index contributed by atoms with van der Waals surface area (Å²) in [4.78, 5) is 18.9. The average molecular weight is 473 g/mol. The van der Waals surface area contributed by atoms with Crippen molar-refractivity contribution in [3.05, 3.63) is 35.4 Å². The number of nitrogens with two attached hydrogens (primary N) is 1. The zero-order valence-electron chi connectivity index (χ0n) is 15.8. The van der Waals surface area contributed by atoms with Gasteiger partial charge in [0.2, 0.25) is 0 Å². The van der Waals surface area contributed by atoms with Crippen LogP contribution in [0.1, 0.15) is 49.0 Å². The van der Waals surface area contributed by atoms with Crippen LogP contribution in [0.2, 0.25) is 0 Å². The molecule has 146 valence electrons. The predicted octanol–water partition coefficient (Wildman–Crippen LogP) is 2.33. The first kappa shape index (κ1) is 22.7. The Morgan fingerprint density at radius 2 is 2.15 bits per heavy atom. The molecule has 1 aromatic rings. The topological polar surface area (TPSA) is 82.8 Å². The summed E-state index contributed by atoms with van der Waals surface area (Å²) in [6.07, 6.45) is 3.39.